The molecule has 1 saturated heterocycles. The molecule has 1 N–H and O–H groups in total. The van der Waals surface area contributed by atoms with Gasteiger partial charge in [-0.2, -0.15) is 0 Å². The highest BCUT2D eigenvalue weighted by atomic mass is 16.5. The van der Waals surface area contributed by atoms with E-state index in [1.54, 1.807) is 0 Å². The van der Waals surface area contributed by atoms with E-state index in [1.165, 1.54) is 6.54 Å². The zero-order chi connectivity index (χ0) is 6.27. The van der Waals surface area contributed by atoms with E-state index in [4.69, 9.17) is 4.74 Å². The fourth-order valence-electron chi connectivity index (χ4n) is 1.90. The van der Waals surface area contributed by atoms with Crippen molar-refractivity contribution in [3.05, 3.63) is 0 Å². The van der Waals surface area contributed by atoms with Crippen LogP contribution in [0.5, 0.6) is 0 Å². The van der Waals surface area contributed by atoms with Crippen LogP contribution in [0.2, 0.25) is 0 Å². The lowest BCUT2D eigenvalue weighted by molar-refractivity contribution is 0.151. The molecule has 1 saturated carbocycles. The zero-order valence-electron chi connectivity index (χ0n) is 5.76. The quantitative estimate of drug-likeness (QED) is 0.568. The minimum absolute atomic E-state index is 0.914. The number of hydrogen-bond acceptors (Lipinski definition) is 2. The van der Waals surface area contributed by atoms with Crippen molar-refractivity contribution in [2.75, 3.05) is 26.8 Å². The molecule has 2 heteroatoms. The van der Waals surface area contributed by atoms with Crippen molar-refractivity contribution >= 4 is 0 Å². The first-order valence-corrected chi connectivity index (χ1v) is 3.66. The van der Waals surface area contributed by atoms with E-state index in [0.717, 1.165) is 31.0 Å². The molecule has 52 valence electrons. The third-order valence-electron chi connectivity index (χ3n) is 2.57. The lowest BCUT2D eigenvalue weighted by Crippen LogP contribution is -2.14. The molecule has 0 aromatic heterocycles. The molecule has 1 aliphatic carbocycles. The van der Waals surface area contributed by atoms with Crippen molar-refractivity contribution < 1.29 is 4.74 Å². The van der Waals surface area contributed by atoms with E-state index >= 15 is 0 Å². The van der Waals surface area contributed by atoms with Gasteiger partial charge in [-0.25, -0.2) is 0 Å². The lowest BCUT2D eigenvalue weighted by Gasteiger charge is -2.00. The van der Waals surface area contributed by atoms with Crippen LogP contribution in [0.25, 0.3) is 0 Å². The maximum atomic E-state index is 5.26. The van der Waals surface area contributed by atoms with Gasteiger partial charge in [-0.15, -0.1) is 0 Å². The Balaban J connectivity index is 1.81. The Labute approximate surface area is 55.6 Å². The average Bonchev–Trinajstić information content (AvgIpc) is 2.39. The number of ether oxygens (including phenoxy) is 1. The highest BCUT2D eigenvalue weighted by Crippen LogP contribution is 2.49. The number of hydrogen-bond donors (Lipinski definition) is 1. The monoisotopic (exact) mass is 127 g/mol. The summed E-state index contributed by atoms with van der Waals surface area (Å²) in [6.07, 6.45) is 0. The summed E-state index contributed by atoms with van der Waals surface area (Å²) in [5.74, 6) is 2.78. The zero-order valence-corrected chi connectivity index (χ0v) is 5.76. The van der Waals surface area contributed by atoms with Crippen LogP contribution in [-0.2, 0) is 4.74 Å². The van der Waals surface area contributed by atoms with Gasteiger partial charge in [0.15, 0.2) is 0 Å². The van der Waals surface area contributed by atoms with Crippen molar-refractivity contribution in [1.82, 2.24) is 5.32 Å². The van der Waals surface area contributed by atoms with Crippen LogP contribution in [0.1, 0.15) is 0 Å². The van der Waals surface area contributed by atoms with Crippen molar-refractivity contribution in [3.8, 4) is 0 Å². The highest BCUT2D eigenvalue weighted by molar-refractivity contribution is 5.00. The minimum Gasteiger partial charge on any atom is -0.381 e. The first-order chi connectivity index (χ1) is 4.43. The molecule has 0 aromatic carbocycles. The molecule has 0 radical (unpaired) electrons. The Morgan fingerprint density at radius 3 is 2.67 bits per heavy atom. The molecule has 2 aliphatic rings. The van der Waals surface area contributed by atoms with E-state index in [0.29, 0.717) is 0 Å². The van der Waals surface area contributed by atoms with Crippen LogP contribution < -0.4 is 5.32 Å². The molecule has 0 unspecified atom stereocenters. The number of fused-ring (bicyclic) bond motifs is 1. The smallest absolute Gasteiger partial charge is 0.0501 e. The minimum atomic E-state index is 0.914. The summed E-state index contributed by atoms with van der Waals surface area (Å²) in [5, 5.41) is 3.20. The molecular weight excluding hydrogens is 114 g/mol. The third-order valence-corrected chi connectivity index (χ3v) is 2.57. The van der Waals surface area contributed by atoms with Crippen molar-refractivity contribution in [3.63, 3.8) is 0 Å². The largest absolute Gasteiger partial charge is 0.381 e. The molecule has 0 bridgehead atoms. The summed E-state index contributed by atoms with van der Waals surface area (Å²) in [7, 11) is 2.02. The van der Waals surface area contributed by atoms with Gasteiger partial charge in [0.05, 0.1) is 13.2 Å². The van der Waals surface area contributed by atoms with Crippen LogP contribution in [-0.4, -0.2) is 26.8 Å². The van der Waals surface area contributed by atoms with Gasteiger partial charge >= 0.3 is 0 Å². The van der Waals surface area contributed by atoms with Crippen LogP contribution in [0.15, 0.2) is 0 Å². The fourth-order valence-corrected chi connectivity index (χ4v) is 1.90. The summed E-state index contributed by atoms with van der Waals surface area (Å²) < 4.78 is 5.26. The Hall–Kier alpha value is -0.0800. The van der Waals surface area contributed by atoms with E-state index in [-0.39, 0.29) is 0 Å². The van der Waals surface area contributed by atoms with Crippen LogP contribution in [0, 0.1) is 17.8 Å². The molecule has 0 spiro atoms. The van der Waals surface area contributed by atoms with Gasteiger partial charge in [0, 0.05) is 0 Å². The summed E-state index contributed by atoms with van der Waals surface area (Å²) >= 11 is 0. The van der Waals surface area contributed by atoms with E-state index in [1.807, 2.05) is 7.05 Å². The summed E-state index contributed by atoms with van der Waals surface area (Å²) in [6, 6.07) is 0. The second kappa shape index (κ2) is 1.96. The van der Waals surface area contributed by atoms with Gasteiger partial charge in [0.1, 0.15) is 0 Å². The Morgan fingerprint density at radius 1 is 1.44 bits per heavy atom. The summed E-state index contributed by atoms with van der Waals surface area (Å²) in [6.45, 7) is 3.24. The number of rotatable bonds is 2. The maximum absolute atomic E-state index is 5.26. The summed E-state index contributed by atoms with van der Waals surface area (Å²) in [5.41, 5.74) is 0. The molecule has 1 aliphatic heterocycles. The van der Waals surface area contributed by atoms with E-state index in [2.05, 4.69) is 5.32 Å². The average molecular weight is 127 g/mol. The van der Waals surface area contributed by atoms with Crippen molar-refractivity contribution in [2.24, 2.45) is 17.8 Å². The highest BCUT2D eigenvalue weighted by Gasteiger charge is 2.52. The molecule has 9 heavy (non-hydrogen) atoms. The van der Waals surface area contributed by atoms with Gasteiger partial charge in [-0.1, -0.05) is 0 Å². The standard InChI is InChI=1S/C7H13NO/c1-8-2-5-6-3-9-4-7(5)6/h5-8H,2-4H2,1H3/t6-,7-/m0/s1. The predicted molar refractivity (Wildman–Crippen MR) is 35.2 cm³/mol. The van der Waals surface area contributed by atoms with Crippen molar-refractivity contribution in [1.29, 1.82) is 0 Å². The van der Waals surface area contributed by atoms with E-state index < -0.39 is 0 Å². The first kappa shape index (κ1) is 5.69. The Bertz CT molecular complexity index is 105. The van der Waals surface area contributed by atoms with Crippen LogP contribution in [0.4, 0.5) is 0 Å². The normalized spacial score (nSPS) is 47.0. The van der Waals surface area contributed by atoms with E-state index in [9.17, 15) is 0 Å². The molecule has 2 nitrogen and oxygen atoms in total. The Morgan fingerprint density at radius 2 is 2.11 bits per heavy atom. The second-order valence-electron chi connectivity index (χ2n) is 3.09. The maximum Gasteiger partial charge on any atom is 0.0501 e. The number of nitrogens with one attached hydrogen (secondary N) is 1. The first-order valence-electron chi connectivity index (χ1n) is 3.66. The summed E-state index contributed by atoms with van der Waals surface area (Å²) in [4.78, 5) is 0. The van der Waals surface area contributed by atoms with Crippen LogP contribution >= 0.6 is 0 Å². The molecule has 0 aromatic rings. The molecule has 2 fully saturated rings. The van der Waals surface area contributed by atoms with Crippen molar-refractivity contribution in [2.45, 2.75) is 0 Å². The van der Waals surface area contributed by atoms with Gasteiger partial charge in [0.25, 0.3) is 0 Å². The van der Waals surface area contributed by atoms with Gasteiger partial charge in [0.2, 0.25) is 0 Å². The molecule has 0 amide bonds. The lowest BCUT2D eigenvalue weighted by atomic mass is 10.3. The molecule has 2 rings (SSSR count). The van der Waals surface area contributed by atoms with Gasteiger partial charge in [-0.05, 0) is 31.3 Å². The molecular formula is C7H13NO. The SMILES string of the molecule is CNCC1[C@@H]2COC[C@@H]12. The van der Waals surface area contributed by atoms with Crippen LogP contribution in [0.3, 0.4) is 0 Å². The Kier molecular flexibility index (Phi) is 1.24. The predicted octanol–water partition coefficient (Wildman–Crippen LogP) is 0.0982. The second-order valence-corrected chi connectivity index (χ2v) is 3.09. The molecule has 2 atom stereocenters. The topological polar surface area (TPSA) is 21.3 Å². The molecule has 1 heterocycles. The van der Waals surface area contributed by atoms with Gasteiger partial charge < -0.3 is 10.1 Å². The van der Waals surface area contributed by atoms with Gasteiger partial charge in [-0.3, -0.25) is 0 Å². The fraction of sp³-hybridized carbons (Fsp3) is 1.00. The third kappa shape index (κ3) is 0.775.